The van der Waals surface area contributed by atoms with E-state index >= 15 is 0 Å². The molecular formula is C10H12BNO6. The Morgan fingerprint density at radius 1 is 1.22 bits per heavy atom. The first-order valence-corrected chi connectivity index (χ1v) is 4.90. The molecule has 0 radical (unpaired) electrons. The van der Waals surface area contributed by atoms with Gasteiger partial charge in [0, 0.05) is 0 Å². The normalized spacial score (nSPS) is 9.78. The molecule has 0 heterocycles. The summed E-state index contributed by atoms with van der Waals surface area (Å²) in [5.41, 5.74) is -0.171. The largest absolute Gasteiger partial charge is 0.509 e. The minimum atomic E-state index is -1.55. The number of benzene rings is 1. The molecule has 96 valence electrons. The van der Waals surface area contributed by atoms with Gasteiger partial charge in [0.25, 0.3) is 0 Å². The van der Waals surface area contributed by atoms with Crippen molar-refractivity contribution in [1.82, 2.24) is 0 Å². The monoisotopic (exact) mass is 253 g/mol. The predicted octanol–water partition coefficient (Wildman–Crippen LogP) is -1.16. The van der Waals surface area contributed by atoms with E-state index in [1.165, 1.54) is 25.3 Å². The minimum absolute atomic E-state index is 0.0206. The van der Waals surface area contributed by atoms with Crippen molar-refractivity contribution in [2.75, 3.05) is 14.2 Å². The van der Waals surface area contributed by atoms with Crippen molar-refractivity contribution in [3.63, 3.8) is 0 Å². The lowest BCUT2D eigenvalue weighted by Crippen LogP contribution is -2.41. The third-order valence-corrected chi connectivity index (χ3v) is 2.29. The average Bonchev–Trinajstić information content (AvgIpc) is 2.43. The van der Waals surface area contributed by atoms with Gasteiger partial charge in [-0.1, -0.05) is 12.1 Å². The zero-order valence-corrected chi connectivity index (χ0v) is 9.88. The molecule has 1 rings (SSSR count). The van der Waals surface area contributed by atoms with E-state index in [0.717, 1.165) is 7.11 Å². The highest BCUT2D eigenvalue weighted by Gasteiger charge is 2.28. The lowest BCUT2D eigenvalue weighted by atomic mass is 9.75. The molecule has 8 heteroatoms. The maximum absolute atomic E-state index is 11.7. The number of nitrogens with two attached hydrogens (primary N) is 1. The Labute approximate surface area is 104 Å². The molecule has 0 bridgehead atoms. The number of ether oxygens (including phenoxy) is 2. The van der Waals surface area contributed by atoms with Crippen molar-refractivity contribution < 1.29 is 28.8 Å². The van der Waals surface area contributed by atoms with E-state index in [1.54, 1.807) is 0 Å². The second-order valence-corrected chi connectivity index (χ2v) is 3.24. The summed E-state index contributed by atoms with van der Waals surface area (Å²) >= 11 is 0. The first-order chi connectivity index (χ1) is 8.56. The van der Waals surface area contributed by atoms with Crippen LogP contribution in [0.5, 0.6) is 0 Å². The van der Waals surface area contributed by atoms with Crippen molar-refractivity contribution in [2.45, 2.75) is 0 Å². The summed E-state index contributed by atoms with van der Waals surface area (Å²) in [6.07, 6.45) is 0. The Bertz CT molecular complexity index is 464. The Morgan fingerprint density at radius 2 is 1.83 bits per heavy atom. The maximum Gasteiger partial charge on any atom is 0.509 e. The lowest BCUT2D eigenvalue weighted by Gasteiger charge is -2.12. The molecule has 0 aromatic heterocycles. The second-order valence-electron chi connectivity index (χ2n) is 3.24. The van der Waals surface area contributed by atoms with Gasteiger partial charge in [-0.15, -0.1) is 0 Å². The Hall–Kier alpha value is -1.90. The van der Waals surface area contributed by atoms with Crippen LogP contribution >= 0.6 is 0 Å². The van der Waals surface area contributed by atoms with E-state index in [9.17, 15) is 14.6 Å². The van der Waals surface area contributed by atoms with E-state index in [2.05, 4.69) is 14.2 Å². The zero-order chi connectivity index (χ0) is 13.7. The van der Waals surface area contributed by atoms with Gasteiger partial charge < -0.3 is 19.3 Å². The average molecular weight is 253 g/mol. The summed E-state index contributed by atoms with van der Waals surface area (Å²) < 4.78 is 13.3. The quantitative estimate of drug-likeness (QED) is 0.395. The highest BCUT2D eigenvalue weighted by molar-refractivity contribution is 6.61. The summed E-state index contributed by atoms with van der Waals surface area (Å²) in [7, 11) is 0.769. The van der Waals surface area contributed by atoms with Crippen LogP contribution in [0, 0.1) is 0 Å². The molecule has 3 N–H and O–H groups in total. The number of hydrogen-bond acceptors (Lipinski definition) is 7. The molecule has 0 saturated carbocycles. The van der Waals surface area contributed by atoms with Crippen LogP contribution in [0.4, 0.5) is 0 Å². The fraction of sp³-hybridized carbons (Fsp3) is 0.200. The molecule has 0 aliphatic carbocycles. The Morgan fingerprint density at radius 3 is 2.33 bits per heavy atom. The molecule has 0 atom stereocenters. The van der Waals surface area contributed by atoms with Crippen LogP contribution in [0.3, 0.4) is 0 Å². The van der Waals surface area contributed by atoms with E-state index in [0.29, 0.717) is 0 Å². The summed E-state index contributed by atoms with van der Waals surface area (Å²) in [5.74, 6) is 3.32. The number of carbonyl (C=O) groups excluding carboxylic acids is 2. The summed E-state index contributed by atoms with van der Waals surface area (Å²) in [6.45, 7) is 0. The molecule has 0 unspecified atom stereocenters. The van der Waals surface area contributed by atoms with Gasteiger partial charge in [-0.05, 0) is 11.5 Å². The van der Waals surface area contributed by atoms with Crippen LogP contribution < -0.4 is 11.4 Å². The van der Waals surface area contributed by atoms with Crippen LogP contribution in [-0.4, -0.2) is 38.3 Å². The van der Waals surface area contributed by atoms with Crippen LogP contribution in [0.1, 0.15) is 20.7 Å². The number of methoxy groups -OCH3 is 2. The number of hydrogen-bond donors (Lipinski definition) is 2. The van der Waals surface area contributed by atoms with Crippen LogP contribution in [0.25, 0.3) is 0 Å². The van der Waals surface area contributed by atoms with E-state index in [1.807, 2.05) is 0 Å². The standard InChI is InChI=1S/C10H12BNO6/c1-16-9(13)6-4-3-5-7(11(15)18-12)8(6)10(14)17-2/h3-5,15H,12H2,1-2H3. The van der Waals surface area contributed by atoms with Gasteiger partial charge in [-0.2, -0.15) is 0 Å². The molecule has 0 aliphatic rings. The highest BCUT2D eigenvalue weighted by Crippen LogP contribution is 2.10. The van der Waals surface area contributed by atoms with Gasteiger partial charge >= 0.3 is 19.1 Å². The number of rotatable bonds is 4. The van der Waals surface area contributed by atoms with Gasteiger partial charge in [0.15, 0.2) is 0 Å². The summed E-state index contributed by atoms with van der Waals surface area (Å²) in [5, 5.41) is 9.53. The van der Waals surface area contributed by atoms with Crippen molar-refractivity contribution in [3.8, 4) is 0 Å². The smallest absolute Gasteiger partial charge is 0.465 e. The van der Waals surface area contributed by atoms with E-state index in [-0.39, 0.29) is 16.6 Å². The van der Waals surface area contributed by atoms with E-state index in [4.69, 9.17) is 5.90 Å². The fourth-order valence-electron chi connectivity index (χ4n) is 1.46. The molecular weight excluding hydrogens is 241 g/mol. The van der Waals surface area contributed by atoms with Crippen LogP contribution in [-0.2, 0) is 14.2 Å². The SMILES string of the molecule is COC(=O)c1cccc(B(O)ON)c1C(=O)OC. The van der Waals surface area contributed by atoms with Crippen molar-refractivity contribution >= 4 is 24.5 Å². The van der Waals surface area contributed by atoms with Crippen LogP contribution in [0.2, 0.25) is 0 Å². The van der Waals surface area contributed by atoms with E-state index < -0.39 is 19.1 Å². The van der Waals surface area contributed by atoms with Crippen LogP contribution in [0.15, 0.2) is 18.2 Å². The lowest BCUT2D eigenvalue weighted by molar-refractivity contribution is 0.0556. The topological polar surface area (TPSA) is 108 Å². The number of carbonyl (C=O) groups is 2. The fourth-order valence-corrected chi connectivity index (χ4v) is 1.46. The Kier molecular flexibility index (Phi) is 4.84. The molecule has 1 aromatic rings. The van der Waals surface area contributed by atoms with Gasteiger partial charge in [0.2, 0.25) is 0 Å². The molecule has 0 spiro atoms. The van der Waals surface area contributed by atoms with Gasteiger partial charge in [0.1, 0.15) is 0 Å². The van der Waals surface area contributed by atoms with Crippen molar-refractivity contribution in [2.24, 2.45) is 5.90 Å². The molecule has 7 nitrogen and oxygen atoms in total. The first kappa shape index (κ1) is 14.2. The molecule has 0 saturated heterocycles. The third kappa shape index (κ3) is 2.67. The predicted molar refractivity (Wildman–Crippen MR) is 62.0 cm³/mol. The molecule has 1 aromatic carbocycles. The number of esters is 2. The summed E-state index contributed by atoms with van der Waals surface area (Å²) in [4.78, 5) is 23.2. The van der Waals surface area contributed by atoms with Gasteiger partial charge in [-0.3, -0.25) is 0 Å². The maximum atomic E-state index is 11.7. The Balaban J connectivity index is 3.44. The summed E-state index contributed by atoms with van der Waals surface area (Å²) in [6, 6.07) is 4.21. The second kappa shape index (κ2) is 6.15. The highest BCUT2D eigenvalue weighted by atomic mass is 16.6. The van der Waals surface area contributed by atoms with Gasteiger partial charge in [-0.25, -0.2) is 15.5 Å². The van der Waals surface area contributed by atoms with Gasteiger partial charge in [0.05, 0.1) is 25.3 Å². The third-order valence-electron chi connectivity index (χ3n) is 2.29. The first-order valence-electron chi connectivity index (χ1n) is 4.90. The molecule has 0 aliphatic heterocycles. The van der Waals surface area contributed by atoms with Crippen molar-refractivity contribution in [1.29, 1.82) is 0 Å². The molecule has 18 heavy (non-hydrogen) atoms. The molecule has 0 fully saturated rings. The zero-order valence-electron chi connectivity index (χ0n) is 9.88. The van der Waals surface area contributed by atoms with Crippen molar-refractivity contribution in [3.05, 3.63) is 29.3 Å². The minimum Gasteiger partial charge on any atom is -0.465 e. The molecule has 0 amide bonds.